The molecule has 5 nitrogen and oxygen atoms in total. The third-order valence-corrected chi connectivity index (χ3v) is 3.31. The van der Waals surface area contributed by atoms with E-state index in [1.807, 2.05) is 0 Å². The molecule has 2 aromatic rings. The Hall–Kier alpha value is -2.17. The van der Waals surface area contributed by atoms with Gasteiger partial charge in [-0.15, -0.1) is 5.10 Å². The lowest BCUT2D eigenvalue weighted by atomic mass is 10.1. The first-order valence-electron chi connectivity index (χ1n) is 7.92. The highest BCUT2D eigenvalue weighted by Crippen LogP contribution is 2.19. The fraction of sp³-hybridized carbons (Fsp3) is 0.471. The van der Waals surface area contributed by atoms with E-state index in [2.05, 4.69) is 71.3 Å². The summed E-state index contributed by atoms with van der Waals surface area (Å²) >= 11 is 0. The average Bonchev–Trinajstić information content (AvgIpc) is 2.46. The van der Waals surface area contributed by atoms with Gasteiger partial charge >= 0.3 is 0 Å². The van der Waals surface area contributed by atoms with Gasteiger partial charge in [0.05, 0.1) is 6.20 Å². The number of rotatable bonds is 7. The van der Waals surface area contributed by atoms with Crippen LogP contribution in [0.1, 0.15) is 37.8 Å². The molecule has 1 aromatic carbocycles. The van der Waals surface area contributed by atoms with Crippen molar-refractivity contribution < 1.29 is 0 Å². The summed E-state index contributed by atoms with van der Waals surface area (Å²) in [5.74, 6) is 1.42. The molecule has 1 aromatic heterocycles. The van der Waals surface area contributed by atoms with Crippen molar-refractivity contribution in [2.45, 2.75) is 40.5 Å². The third-order valence-electron chi connectivity index (χ3n) is 3.31. The number of nitrogens with one attached hydrogen (secondary N) is 1. The average molecular weight is 299 g/mol. The Morgan fingerprint density at radius 2 is 1.64 bits per heavy atom. The Morgan fingerprint density at radius 1 is 1.00 bits per heavy atom. The summed E-state index contributed by atoms with van der Waals surface area (Å²) in [6.07, 6.45) is 3.80. The molecular weight excluding hydrogens is 274 g/mol. The summed E-state index contributed by atoms with van der Waals surface area (Å²) < 4.78 is 0. The van der Waals surface area contributed by atoms with Crippen LogP contribution in [0.25, 0.3) is 0 Å². The van der Waals surface area contributed by atoms with E-state index in [0.717, 1.165) is 37.4 Å². The number of benzene rings is 1. The van der Waals surface area contributed by atoms with Crippen LogP contribution in [-0.4, -0.2) is 28.3 Å². The second-order valence-electron chi connectivity index (χ2n) is 5.63. The quantitative estimate of drug-likeness (QED) is 0.841. The van der Waals surface area contributed by atoms with Crippen LogP contribution in [0.3, 0.4) is 0 Å². The fourth-order valence-corrected chi connectivity index (χ4v) is 2.53. The first-order chi connectivity index (χ1) is 10.6. The van der Waals surface area contributed by atoms with E-state index in [9.17, 15) is 0 Å². The van der Waals surface area contributed by atoms with E-state index in [-0.39, 0.29) is 0 Å². The van der Waals surface area contributed by atoms with Crippen LogP contribution in [0.2, 0.25) is 0 Å². The monoisotopic (exact) mass is 299 g/mol. The van der Waals surface area contributed by atoms with E-state index >= 15 is 0 Å². The van der Waals surface area contributed by atoms with E-state index in [4.69, 9.17) is 0 Å². The molecule has 0 unspecified atom stereocenters. The molecule has 0 saturated heterocycles. The number of anilines is 3. The zero-order chi connectivity index (χ0) is 15.9. The summed E-state index contributed by atoms with van der Waals surface area (Å²) in [7, 11) is 0. The highest BCUT2D eigenvalue weighted by atomic mass is 15.3. The van der Waals surface area contributed by atoms with Gasteiger partial charge in [-0.1, -0.05) is 19.9 Å². The third kappa shape index (κ3) is 4.41. The summed E-state index contributed by atoms with van der Waals surface area (Å²) in [5, 5.41) is 11.6. The molecule has 0 fully saturated rings. The van der Waals surface area contributed by atoms with E-state index in [1.54, 1.807) is 6.20 Å². The standard InChI is InChI=1S/C17H25N5/c1-5-7-22(8-6-2)17-20-16(12-18-21-17)19-15-10-13(3)9-14(4)11-15/h9-12H,5-8H2,1-4H3,(H,19,20,21). The van der Waals surface area contributed by atoms with Crippen molar-refractivity contribution in [1.82, 2.24) is 15.2 Å². The molecular formula is C17H25N5. The van der Waals surface area contributed by atoms with Gasteiger partial charge in [-0.2, -0.15) is 10.1 Å². The van der Waals surface area contributed by atoms with Crippen molar-refractivity contribution in [3.63, 3.8) is 0 Å². The molecule has 0 aliphatic carbocycles. The second-order valence-corrected chi connectivity index (χ2v) is 5.63. The van der Waals surface area contributed by atoms with Gasteiger partial charge in [-0.3, -0.25) is 0 Å². The molecule has 2 rings (SSSR count). The van der Waals surface area contributed by atoms with Crippen LogP contribution in [0.15, 0.2) is 24.4 Å². The Balaban J connectivity index is 2.20. The minimum absolute atomic E-state index is 0.693. The van der Waals surface area contributed by atoms with Crippen molar-refractivity contribution in [3.05, 3.63) is 35.5 Å². The van der Waals surface area contributed by atoms with Crippen molar-refractivity contribution in [2.75, 3.05) is 23.3 Å². The molecule has 5 heteroatoms. The first-order valence-corrected chi connectivity index (χ1v) is 7.92. The molecule has 0 amide bonds. The van der Waals surface area contributed by atoms with Crippen LogP contribution in [0.5, 0.6) is 0 Å². The van der Waals surface area contributed by atoms with Gasteiger partial charge in [0.15, 0.2) is 5.82 Å². The largest absolute Gasteiger partial charge is 0.339 e. The zero-order valence-corrected chi connectivity index (χ0v) is 13.9. The van der Waals surface area contributed by atoms with Crippen molar-refractivity contribution in [2.24, 2.45) is 0 Å². The van der Waals surface area contributed by atoms with Crippen molar-refractivity contribution in [1.29, 1.82) is 0 Å². The van der Waals surface area contributed by atoms with Crippen molar-refractivity contribution in [3.8, 4) is 0 Å². The molecule has 0 aliphatic rings. The van der Waals surface area contributed by atoms with E-state index < -0.39 is 0 Å². The highest BCUT2D eigenvalue weighted by Gasteiger charge is 2.09. The normalized spacial score (nSPS) is 10.5. The number of hydrogen-bond acceptors (Lipinski definition) is 5. The minimum Gasteiger partial charge on any atom is -0.339 e. The topological polar surface area (TPSA) is 53.9 Å². The highest BCUT2D eigenvalue weighted by molar-refractivity contribution is 5.58. The maximum Gasteiger partial charge on any atom is 0.247 e. The lowest BCUT2D eigenvalue weighted by molar-refractivity contribution is 0.711. The SMILES string of the molecule is CCCN(CCC)c1nncc(Nc2cc(C)cc(C)c2)n1. The van der Waals surface area contributed by atoms with Gasteiger partial charge in [0.25, 0.3) is 0 Å². The molecule has 0 atom stereocenters. The molecule has 22 heavy (non-hydrogen) atoms. The van der Waals surface area contributed by atoms with Crippen LogP contribution >= 0.6 is 0 Å². The minimum atomic E-state index is 0.693. The molecule has 0 bridgehead atoms. The summed E-state index contributed by atoms with van der Waals surface area (Å²) in [6.45, 7) is 10.4. The Kier molecular flexibility index (Phi) is 5.69. The van der Waals surface area contributed by atoms with E-state index in [1.165, 1.54) is 11.1 Å². The predicted molar refractivity (Wildman–Crippen MR) is 91.8 cm³/mol. The smallest absolute Gasteiger partial charge is 0.247 e. The zero-order valence-electron chi connectivity index (χ0n) is 13.9. The van der Waals surface area contributed by atoms with Gasteiger partial charge in [-0.25, -0.2) is 0 Å². The van der Waals surface area contributed by atoms with Crippen LogP contribution < -0.4 is 10.2 Å². The maximum absolute atomic E-state index is 4.61. The first kappa shape index (κ1) is 16.2. The van der Waals surface area contributed by atoms with Gasteiger partial charge in [0.2, 0.25) is 5.95 Å². The lowest BCUT2D eigenvalue weighted by Crippen LogP contribution is -2.27. The van der Waals surface area contributed by atoms with Gasteiger partial charge < -0.3 is 10.2 Å². The Bertz CT molecular complexity index is 585. The molecule has 118 valence electrons. The summed E-state index contributed by atoms with van der Waals surface area (Å²) in [6, 6.07) is 6.36. The van der Waals surface area contributed by atoms with Gasteiger partial charge in [0.1, 0.15) is 0 Å². The predicted octanol–water partition coefficient (Wildman–Crippen LogP) is 3.86. The summed E-state index contributed by atoms with van der Waals surface area (Å²) in [5.41, 5.74) is 3.48. The van der Waals surface area contributed by atoms with Crippen LogP contribution in [0.4, 0.5) is 17.5 Å². The summed E-state index contributed by atoms with van der Waals surface area (Å²) in [4.78, 5) is 6.79. The maximum atomic E-state index is 4.61. The molecule has 0 aliphatic heterocycles. The Labute approximate surface area is 132 Å². The van der Waals surface area contributed by atoms with Gasteiger partial charge in [-0.05, 0) is 49.9 Å². The lowest BCUT2D eigenvalue weighted by Gasteiger charge is -2.21. The fourth-order valence-electron chi connectivity index (χ4n) is 2.53. The molecule has 0 saturated carbocycles. The number of hydrogen-bond donors (Lipinski definition) is 1. The number of nitrogens with zero attached hydrogens (tertiary/aromatic N) is 4. The van der Waals surface area contributed by atoms with Crippen LogP contribution in [0, 0.1) is 13.8 Å². The second kappa shape index (κ2) is 7.73. The van der Waals surface area contributed by atoms with Crippen LogP contribution in [-0.2, 0) is 0 Å². The number of aromatic nitrogens is 3. The molecule has 1 N–H and O–H groups in total. The van der Waals surface area contributed by atoms with Crippen molar-refractivity contribution >= 4 is 17.5 Å². The van der Waals surface area contributed by atoms with E-state index in [0.29, 0.717) is 5.95 Å². The Morgan fingerprint density at radius 3 is 2.23 bits per heavy atom. The number of aryl methyl sites for hydroxylation is 2. The molecule has 1 heterocycles. The molecule has 0 radical (unpaired) electrons. The molecule has 0 spiro atoms. The van der Waals surface area contributed by atoms with Gasteiger partial charge in [0, 0.05) is 18.8 Å².